The van der Waals surface area contributed by atoms with Crippen molar-refractivity contribution in [3.8, 4) is 5.75 Å². The minimum Gasteiger partial charge on any atom is -0.426 e. The molecular formula is C39H34N2O5. The summed E-state index contributed by atoms with van der Waals surface area (Å²) in [5.41, 5.74) is 7.91. The first-order chi connectivity index (χ1) is 22.4. The van der Waals surface area contributed by atoms with Gasteiger partial charge in [0.2, 0.25) is 17.7 Å². The van der Waals surface area contributed by atoms with Crippen molar-refractivity contribution in [1.29, 1.82) is 0 Å². The maximum absolute atomic E-state index is 14.2. The summed E-state index contributed by atoms with van der Waals surface area (Å²) in [5.74, 6) is -2.83. The summed E-state index contributed by atoms with van der Waals surface area (Å²) < 4.78 is 5.82. The van der Waals surface area contributed by atoms with Crippen LogP contribution in [0.3, 0.4) is 0 Å². The molecule has 7 nitrogen and oxygen atoms in total. The number of esters is 1. The van der Waals surface area contributed by atoms with Gasteiger partial charge in [-0.15, -0.1) is 0 Å². The van der Waals surface area contributed by atoms with Gasteiger partial charge in [0.05, 0.1) is 23.4 Å². The number of benzene rings is 4. The second-order valence-corrected chi connectivity index (χ2v) is 12.7. The summed E-state index contributed by atoms with van der Waals surface area (Å²) in [6.07, 6.45) is 1.63. The van der Waals surface area contributed by atoms with Crippen LogP contribution in [0.2, 0.25) is 0 Å². The minimum absolute atomic E-state index is 0.0656. The quantitative estimate of drug-likeness (QED) is 0.148. The molecule has 4 aromatic rings. The smallest absolute Gasteiger partial charge is 0.316 e. The van der Waals surface area contributed by atoms with Gasteiger partial charge in [0.25, 0.3) is 0 Å². The normalized spacial score (nSPS) is 24.2. The van der Waals surface area contributed by atoms with Gasteiger partial charge in [0.1, 0.15) is 5.75 Å². The number of imide groups is 1. The molecule has 9 rings (SSSR count). The van der Waals surface area contributed by atoms with E-state index in [-0.39, 0.29) is 48.3 Å². The molecule has 3 aliphatic carbocycles. The van der Waals surface area contributed by atoms with E-state index < -0.39 is 23.7 Å². The molecule has 4 aromatic carbocycles. The average molecular weight is 611 g/mol. The summed E-state index contributed by atoms with van der Waals surface area (Å²) in [6.45, 7) is 4.37. The molecule has 0 radical (unpaired) electrons. The van der Waals surface area contributed by atoms with Crippen LogP contribution in [0.25, 0.3) is 0 Å². The second kappa shape index (κ2) is 10.8. The van der Waals surface area contributed by atoms with Crippen LogP contribution in [0.4, 0.5) is 11.4 Å². The molecule has 0 saturated carbocycles. The van der Waals surface area contributed by atoms with Gasteiger partial charge in [0.15, 0.2) is 0 Å². The largest absolute Gasteiger partial charge is 0.426 e. The molecule has 2 fully saturated rings. The molecular weight excluding hydrogens is 576 g/mol. The predicted molar refractivity (Wildman–Crippen MR) is 174 cm³/mol. The molecule has 3 atom stereocenters. The lowest BCUT2D eigenvalue weighted by Gasteiger charge is -2.45. The standard InChI is InChI=1S/C39H34N2O5/c1-3-22-11-9-12-23(4-2)36(22)40-21-24(19-31(40)42)39(45)46-26-14-10-13-25(20-26)41-37(43)34-32-27-15-5-6-16-28(27)33(35(34)38(41)44)30-18-8-7-17-29(30)32/h5-18,20,24,32-35H,3-4,19,21H2,1-2H3/t24-,32?,33?,34-,35-/m1/s1. The van der Waals surface area contributed by atoms with Crippen molar-refractivity contribution in [3.05, 3.63) is 124 Å². The number of carbonyl (C=O) groups excluding carboxylic acids is 4. The van der Waals surface area contributed by atoms with Gasteiger partial charge in [-0.1, -0.05) is 86.6 Å². The first-order valence-corrected chi connectivity index (χ1v) is 16.2. The van der Waals surface area contributed by atoms with E-state index in [9.17, 15) is 19.2 Å². The van der Waals surface area contributed by atoms with Crippen molar-refractivity contribution in [3.63, 3.8) is 0 Å². The molecule has 2 aliphatic heterocycles. The van der Waals surface area contributed by atoms with E-state index in [1.807, 2.05) is 42.5 Å². The van der Waals surface area contributed by atoms with Gasteiger partial charge in [-0.25, -0.2) is 4.90 Å². The Labute approximate surface area is 267 Å². The summed E-state index contributed by atoms with van der Waals surface area (Å²) in [7, 11) is 0. The van der Waals surface area contributed by atoms with Crippen molar-refractivity contribution >= 4 is 35.1 Å². The Morgan fingerprint density at radius 2 is 1.24 bits per heavy atom. The van der Waals surface area contributed by atoms with Crippen LogP contribution in [0, 0.1) is 17.8 Å². The summed E-state index contributed by atoms with van der Waals surface area (Å²) in [6, 6.07) is 29.0. The Kier molecular flexibility index (Phi) is 6.67. The number of ether oxygens (including phenoxy) is 1. The van der Waals surface area contributed by atoms with E-state index in [1.54, 1.807) is 29.2 Å². The lowest BCUT2D eigenvalue weighted by molar-refractivity contribution is -0.139. The van der Waals surface area contributed by atoms with Crippen LogP contribution >= 0.6 is 0 Å². The highest BCUT2D eigenvalue weighted by Crippen LogP contribution is 2.61. The zero-order valence-corrected chi connectivity index (χ0v) is 25.8. The van der Waals surface area contributed by atoms with Gasteiger partial charge < -0.3 is 9.64 Å². The maximum atomic E-state index is 14.2. The van der Waals surface area contributed by atoms with Crippen molar-refractivity contribution < 1.29 is 23.9 Å². The predicted octanol–water partition coefficient (Wildman–Crippen LogP) is 6.17. The Morgan fingerprint density at radius 3 is 1.76 bits per heavy atom. The molecule has 5 aliphatic rings. The fourth-order valence-electron chi connectivity index (χ4n) is 8.46. The second-order valence-electron chi connectivity index (χ2n) is 12.7. The number of rotatable bonds is 6. The van der Waals surface area contributed by atoms with Crippen LogP contribution in [-0.2, 0) is 32.0 Å². The maximum Gasteiger partial charge on any atom is 0.316 e. The third-order valence-electron chi connectivity index (χ3n) is 10.4. The Hall–Kier alpha value is -5.04. The highest BCUT2D eigenvalue weighted by molar-refractivity contribution is 6.23. The first-order valence-electron chi connectivity index (χ1n) is 16.2. The SMILES string of the molecule is CCc1cccc(CC)c1N1C[C@H](C(=O)Oc2cccc(N3C(=O)[C@@H]4C5c6ccccc6C(c6ccccc65)[C@H]4C3=O)c2)CC1=O. The molecule has 0 unspecified atom stereocenters. The number of amides is 3. The van der Waals surface area contributed by atoms with E-state index in [2.05, 4.69) is 38.1 Å². The molecule has 2 saturated heterocycles. The molecule has 230 valence electrons. The van der Waals surface area contributed by atoms with Crippen LogP contribution in [-0.4, -0.2) is 30.2 Å². The summed E-state index contributed by atoms with van der Waals surface area (Å²) in [5, 5.41) is 0. The van der Waals surface area contributed by atoms with Gasteiger partial charge >= 0.3 is 5.97 Å². The van der Waals surface area contributed by atoms with E-state index in [0.29, 0.717) is 5.69 Å². The third-order valence-corrected chi connectivity index (χ3v) is 10.4. The number of aryl methyl sites for hydroxylation is 2. The number of nitrogens with zero attached hydrogens (tertiary/aromatic N) is 2. The number of para-hydroxylation sites is 1. The van der Waals surface area contributed by atoms with E-state index in [1.165, 1.54) is 4.90 Å². The highest BCUT2D eigenvalue weighted by Gasteiger charge is 2.61. The molecule has 2 bridgehead atoms. The van der Waals surface area contributed by atoms with Crippen molar-refractivity contribution in [1.82, 2.24) is 0 Å². The summed E-state index contributed by atoms with van der Waals surface area (Å²) in [4.78, 5) is 57.9. The van der Waals surface area contributed by atoms with E-state index >= 15 is 0 Å². The van der Waals surface area contributed by atoms with Gasteiger partial charge in [-0.3, -0.25) is 19.2 Å². The molecule has 0 aromatic heterocycles. The van der Waals surface area contributed by atoms with Crippen LogP contribution in [0.5, 0.6) is 5.75 Å². The van der Waals surface area contributed by atoms with E-state index in [4.69, 9.17) is 4.74 Å². The lowest BCUT2D eigenvalue weighted by Crippen LogP contribution is -2.41. The monoisotopic (exact) mass is 610 g/mol. The molecule has 2 heterocycles. The number of hydrogen-bond donors (Lipinski definition) is 0. The molecule has 3 amide bonds. The average Bonchev–Trinajstić information content (AvgIpc) is 3.60. The Morgan fingerprint density at radius 1 is 0.717 bits per heavy atom. The van der Waals surface area contributed by atoms with Crippen LogP contribution in [0.1, 0.15) is 65.5 Å². The fraction of sp³-hybridized carbons (Fsp3) is 0.282. The highest BCUT2D eigenvalue weighted by atomic mass is 16.5. The number of hydrogen-bond acceptors (Lipinski definition) is 5. The van der Waals surface area contributed by atoms with Gasteiger partial charge in [-0.2, -0.15) is 0 Å². The molecule has 0 N–H and O–H groups in total. The first kappa shape index (κ1) is 28.4. The minimum atomic E-state index is -0.628. The molecule has 0 spiro atoms. The zero-order valence-electron chi connectivity index (χ0n) is 25.8. The zero-order chi connectivity index (χ0) is 31.7. The summed E-state index contributed by atoms with van der Waals surface area (Å²) >= 11 is 0. The Balaban J connectivity index is 1.05. The van der Waals surface area contributed by atoms with Crippen molar-refractivity contribution in [2.24, 2.45) is 17.8 Å². The lowest BCUT2D eigenvalue weighted by atomic mass is 9.55. The fourth-order valence-corrected chi connectivity index (χ4v) is 8.46. The van der Waals surface area contributed by atoms with Crippen molar-refractivity contribution in [2.75, 3.05) is 16.3 Å². The van der Waals surface area contributed by atoms with Crippen LogP contribution < -0.4 is 14.5 Å². The van der Waals surface area contributed by atoms with E-state index in [0.717, 1.165) is 51.9 Å². The topological polar surface area (TPSA) is 84.0 Å². The van der Waals surface area contributed by atoms with Gasteiger partial charge in [0, 0.05) is 36.6 Å². The number of anilines is 2. The third kappa shape index (κ3) is 4.10. The molecule has 46 heavy (non-hydrogen) atoms. The van der Waals surface area contributed by atoms with Crippen molar-refractivity contribution in [2.45, 2.75) is 44.9 Å². The molecule has 7 heteroatoms. The number of carbonyl (C=O) groups is 4. The van der Waals surface area contributed by atoms with Crippen LogP contribution in [0.15, 0.2) is 91.0 Å². The van der Waals surface area contributed by atoms with Gasteiger partial charge in [-0.05, 0) is 58.4 Å². The Bertz CT molecular complexity index is 1810.